The van der Waals surface area contributed by atoms with Crippen molar-refractivity contribution in [1.82, 2.24) is 9.47 Å². The Morgan fingerprint density at radius 1 is 1.17 bits per heavy atom. The lowest BCUT2D eigenvalue weighted by molar-refractivity contribution is 0.0258. The van der Waals surface area contributed by atoms with Gasteiger partial charge in [0.25, 0.3) is 0 Å². The second-order valence-corrected chi connectivity index (χ2v) is 5.80. The first kappa shape index (κ1) is 15.1. The zero-order valence-electron chi connectivity index (χ0n) is 13.6. The minimum Gasteiger partial charge on any atom is -0.495 e. The summed E-state index contributed by atoms with van der Waals surface area (Å²) in [6, 6.07) is 14.0. The average Bonchev–Trinajstić information content (AvgIpc) is 3.36. The first-order valence-electron chi connectivity index (χ1n) is 8.04. The van der Waals surface area contributed by atoms with Crippen LogP contribution < -0.4 is 4.74 Å². The highest BCUT2D eigenvalue weighted by molar-refractivity contribution is 5.47. The van der Waals surface area contributed by atoms with Crippen LogP contribution in [0.2, 0.25) is 0 Å². The first-order valence-corrected chi connectivity index (χ1v) is 8.04. The van der Waals surface area contributed by atoms with E-state index in [-0.39, 0.29) is 6.23 Å². The topological polar surface area (TPSA) is 39.8 Å². The zero-order chi connectivity index (χ0) is 16.4. The summed E-state index contributed by atoms with van der Waals surface area (Å²) in [5, 5.41) is 0. The van der Waals surface area contributed by atoms with Crippen LogP contribution in [0.4, 0.5) is 0 Å². The van der Waals surface area contributed by atoms with Crippen molar-refractivity contribution >= 4 is 0 Å². The minimum atomic E-state index is -0.0499. The smallest absolute Gasteiger partial charge is 0.142 e. The summed E-state index contributed by atoms with van der Waals surface area (Å²) in [7, 11) is 1.69. The van der Waals surface area contributed by atoms with Crippen molar-refractivity contribution in [2.75, 3.05) is 20.3 Å². The summed E-state index contributed by atoms with van der Waals surface area (Å²) >= 11 is 0. The standard InChI is InChI=1S/C19H20N2O3/c1-22-18-7-3-2-6-17(18)20-9-8-15(13-20)19-21(10-12-24-19)14-16-5-4-11-23-16/h2-9,11,13,19H,10,12,14H2,1H3/t19-/m0/s1. The Morgan fingerprint density at radius 2 is 2.08 bits per heavy atom. The van der Waals surface area contributed by atoms with Gasteiger partial charge in [-0.05, 0) is 30.3 Å². The highest BCUT2D eigenvalue weighted by Gasteiger charge is 2.28. The first-order chi connectivity index (χ1) is 11.8. The number of rotatable bonds is 5. The molecule has 0 saturated carbocycles. The molecule has 0 bridgehead atoms. The molecule has 0 N–H and O–H groups in total. The molecule has 1 aliphatic heterocycles. The lowest BCUT2D eigenvalue weighted by atomic mass is 10.2. The van der Waals surface area contributed by atoms with Gasteiger partial charge in [-0.15, -0.1) is 0 Å². The third-order valence-corrected chi connectivity index (χ3v) is 4.29. The highest BCUT2D eigenvalue weighted by Crippen LogP contribution is 2.31. The number of hydrogen-bond donors (Lipinski definition) is 0. The average molecular weight is 324 g/mol. The quantitative estimate of drug-likeness (QED) is 0.719. The summed E-state index contributed by atoms with van der Waals surface area (Å²) in [5.74, 6) is 1.80. The molecule has 3 heterocycles. The molecular weight excluding hydrogens is 304 g/mol. The van der Waals surface area contributed by atoms with Crippen LogP contribution >= 0.6 is 0 Å². The van der Waals surface area contributed by atoms with Crippen LogP contribution in [-0.4, -0.2) is 29.7 Å². The van der Waals surface area contributed by atoms with E-state index >= 15 is 0 Å². The van der Waals surface area contributed by atoms with E-state index in [2.05, 4.69) is 21.7 Å². The maximum Gasteiger partial charge on any atom is 0.142 e. The molecule has 1 aromatic carbocycles. The molecule has 0 amide bonds. The molecule has 0 aliphatic carbocycles. The molecular formula is C19H20N2O3. The van der Waals surface area contributed by atoms with Crippen molar-refractivity contribution in [2.24, 2.45) is 0 Å². The van der Waals surface area contributed by atoms with Gasteiger partial charge < -0.3 is 18.5 Å². The number of aromatic nitrogens is 1. The largest absolute Gasteiger partial charge is 0.495 e. The van der Waals surface area contributed by atoms with Gasteiger partial charge >= 0.3 is 0 Å². The number of nitrogens with zero attached hydrogens (tertiary/aromatic N) is 2. The van der Waals surface area contributed by atoms with Crippen LogP contribution in [0.5, 0.6) is 5.75 Å². The SMILES string of the molecule is COc1ccccc1-n1ccc([C@@H]2OCCN2Cc2ccco2)c1. The summed E-state index contributed by atoms with van der Waals surface area (Å²) in [6.45, 7) is 2.37. The summed E-state index contributed by atoms with van der Waals surface area (Å²) in [5.41, 5.74) is 2.15. The van der Waals surface area contributed by atoms with E-state index in [1.54, 1.807) is 13.4 Å². The van der Waals surface area contributed by atoms with Crippen LogP contribution in [0, 0.1) is 0 Å². The van der Waals surface area contributed by atoms with Crippen molar-refractivity contribution in [3.05, 3.63) is 72.4 Å². The van der Waals surface area contributed by atoms with E-state index < -0.39 is 0 Å². The molecule has 3 aromatic rings. The molecule has 124 valence electrons. The van der Waals surface area contributed by atoms with E-state index in [9.17, 15) is 0 Å². The van der Waals surface area contributed by atoms with Gasteiger partial charge in [0.1, 0.15) is 17.7 Å². The number of methoxy groups -OCH3 is 1. The number of para-hydroxylation sites is 2. The lowest BCUT2D eigenvalue weighted by Gasteiger charge is -2.21. The normalized spacial score (nSPS) is 18.1. The molecule has 4 rings (SSSR count). The monoisotopic (exact) mass is 324 g/mol. The van der Waals surface area contributed by atoms with Gasteiger partial charge in [0.15, 0.2) is 0 Å². The van der Waals surface area contributed by atoms with Crippen molar-refractivity contribution in [3.8, 4) is 11.4 Å². The van der Waals surface area contributed by atoms with E-state index in [4.69, 9.17) is 13.9 Å². The van der Waals surface area contributed by atoms with Gasteiger partial charge in [-0.1, -0.05) is 12.1 Å². The van der Waals surface area contributed by atoms with Crippen molar-refractivity contribution in [2.45, 2.75) is 12.8 Å². The third kappa shape index (κ3) is 2.84. The summed E-state index contributed by atoms with van der Waals surface area (Å²) in [4.78, 5) is 2.28. The molecule has 0 spiro atoms. The Morgan fingerprint density at radius 3 is 2.92 bits per heavy atom. The Balaban J connectivity index is 1.57. The molecule has 2 aromatic heterocycles. The molecule has 1 saturated heterocycles. The lowest BCUT2D eigenvalue weighted by Crippen LogP contribution is -2.22. The maximum atomic E-state index is 5.95. The fourth-order valence-electron chi connectivity index (χ4n) is 3.13. The minimum absolute atomic E-state index is 0.0499. The highest BCUT2D eigenvalue weighted by atomic mass is 16.5. The number of furan rings is 1. The molecule has 1 fully saturated rings. The number of ether oxygens (including phenoxy) is 2. The molecule has 1 aliphatic rings. The second kappa shape index (κ2) is 6.55. The van der Waals surface area contributed by atoms with Crippen LogP contribution in [0.25, 0.3) is 5.69 Å². The van der Waals surface area contributed by atoms with E-state index in [1.807, 2.05) is 42.6 Å². The van der Waals surface area contributed by atoms with Gasteiger partial charge in [-0.2, -0.15) is 0 Å². The van der Waals surface area contributed by atoms with Gasteiger partial charge in [0.2, 0.25) is 0 Å². The molecule has 5 heteroatoms. The van der Waals surface area contributed by atoms with Gasteiger partial charge in [0.05, 0.1) is 32.2 Å². The van der Waals surface area contributed by atoms with Gasteiger partial charge in [-0.3, -0.25) is 4.90 Å². The Bertz CT molecular complexity index is 795. The fraction of sp³-hybridized carbons (Fsp3) is 0.263. The third-order valence-electron chi connectivity index (χ3n) is 4.29. The van der Waals surface area contributed by atoms with E-state index in [0.29, 0.717) is 0 Å². The Hall–Kier alpha value is -2.50. The molecule has 5 nitrogen and oxygen atoms in total. The summed E-state index contributed by atoms with van der Waals surface area (Å²) < 4.78 is 18.9. The zero-order valence-corrected chi connectivity index (χ0v) is 13.6. The van der Waals surface area contributed by atoms with E-state index in [1.165, 1.54) is 0 Å². The molecule has 0 unspecified atom stereocenters. The van der Waals surface area contributed by atoms with Crippen LogP contribution in [0.15, 0.2) is 65.5 Å². The van der Waals surface area contributed by atoms with Crippen LogP contribution in [0.3, 0.4) is 0 Å². The predicted molar refractivity (Wildman–Crippen MR) is 90.1 cm³/mol. The van der Waals surface area contributed by atoms with Crippen molar-refractivity contribution < 1.29 is 13.9 Å². The Kier molecular flexibility index (Phi) is 4.11. The van der Waals surface area contributed by atoms with Gasteiger partial charge in [-0.25, -0.2) is 0 Å². The van der Waals surface area contributed by atoms with Gasteiger partial charge in [0, 0.05) is 24.5 Å². The molecule has 24 heavy (non-hydrogen) atoms. The fourth-order valence-corrected chi connectivity index (χ4v) is 3.13. The van der Waals surface area contributed by atoms with Crippen LogP contribution in [-0.2, 0) is 11.3 Å². The molecule has 0 radical (unpaired) electrons. The summed E-state index contributed by atoms with van der Waals surface area (Å²) in [6.07, 6.45) is 5.80. The number of hydrogen-bond acceptors (Lipinski definition) is 4. The van der Waals surface area contributed by atoms with Crippen molar-refractivity contribution in [1.29, 1.82) is 0 Å². The van der Waals surface area contributed by atoms with Crippen molar-refractivity contribution in [3.63, 3.8) is 0 Å². The molecule has 1 atom stereocenters. The van der Waals surface area contributed by atoms with E-state index in [0.717, 1.165) is 42.5 Å². The maximum absolute atomic E-state index is 5.95. The number of benzene rings is 1. The predicted octanol–water partition coefficient (Wildman–Crippen LogP) is 3.61. The Labute approximate surface area is 141 Å². The second-order valence-electron chi connectivity index (χ2n) is 5.80. The van der Waals surface area contributed by atoms with Crippen LogP contribution in [0.1, 0.15) is 17.6 Å².